The van der Waals surface area contributed by atoms with Gasteiger partial charge in [0.25, 0.3) is 5.91 Å². The van der Waals surface area contributed by atoms with Crippen molar-refractivity contribution in [3.05, 3.63) is 48.5 Å². The Labute approximate surface area is 178 Å². The van der Waals surface area contributed by atoms with Crippen LogP contribution in [0.25, 0.3) is 0 Å². The first-order valence-electron chi connectivity index (χ1n) is 8.04. The molecule has 0 aromatic heterocycles. The minimum atomic E-state index is -4.65. The summed E-state index contributed by atoms with van der Waals surface area (Å²) in [6, 6.07) is 8.43. The highest BCUT2D eigenvalue weighted by Gasteiger charge is 2.37. The minimum Gasteiger partial charge on any atom is -0.744 e. The lowest BCUT2D eigenvalue weighted by molar-refractivity contribution is -0.777. The number of rotatable bonds is 8. The van der Waals surface area contributed by atoms with Crippen LogP contribution in [0.3, 0.4) is 0 Å². The highest BCUT2D eigenvalue weighted by atomic mass is 32.2. The monoisotopic (exact) mass is 465 g/mol. The number of anilines is 1. The van der Waals surface area contributed by atoms with Crippen LogP contribution >= 0.6 is 12.0 Å². The fraction of sp³-hybridized carbons (Fsp3) is 0.0625. The highest BCUT2D eigenvalue weighted by Crippen LogP contribution is 2.27. The number of carboxylic acid groups (broad SMARTS) is 1. The topological polar surface area (TPSA) is 196 Å². The molecule has 0 N–H and O–H groups in total. The molecule has 2 aromatic carbocycles. The summed E-state index contributed by atoms with van der Waals surface area (Å²) in [6.45, 7) is 0. The Morgan fingerprint density at radius 1 is 1.13 bits per heavy atom. The second kappa shape index (κ2) is 9.29. The van der Waals surface area contributed by atoms with Crippen LogP contribution in [0.1, 0.15) is 0 Å². The quantitative estimate of drug-likeness (QED) is 0.160. The van der Waals surface area contributed by atoms with Gasteiger partial charge in [0.2, 0.25) is 0 Å². The molecule has 0 aliphatic carbocycles. The molecule has 13 nitrogen and oxygen atoms in total. The van der Waals surface area contributed by atoms with E-state index >= 15 is 0 Å². The van der Waals surface area contributed by atoms with Crippen molar-refractivity contribution in [2.24, 2.45) is 15.3 Å². The number of carbonyl (C=O) groups excluding carboxylic acids is 2. The zero-order valence-electron chi connectivity index (χ0n) is 15.0. The van der Waals surface area contributed by atoms with Gasteiger partial charge < -0.3 is 19.7 Å². The van der Waals surface area contributed by atoms with Gasteiger partial charge in [-0.1, -0.05) is 0 Å². The maximum absolute atomic E-state index is 12.6. The Balaban J connectivity index is 1.81. The Hall–Kier alpha value is -3.21. The third kappa shape index (κ3) is 5.29. The molecule has 31 heavy (non-hydrogen) atoms. The van der Waals surface area contributed by atoms with Gasteiger partial charge in [0.1, 0.15) is 15.8 Å². The summed E-state index contributed by atoms with van der Waals surface area (Å²) in [5.41, 5.74) is -0.425. The molecule has 1 atom stereocenters. The van der Waals surface area contributed by atoms with E-state index in [0.29, 0.717) is 16.9 Å². The number of nitrogens with zero attached hydrogens (tertiary/aromatic N) is 4. The molecule has 1 unspecified atom stereocenters. The van der Waals surface area contributed by atoms with Gasteiger partial charge in [-0.05, 0) is 48.5 Å². The van der Waals surface area contributed by atoms with E-state index in [4.69, 9.17) is 0 Å². The Morgan fingerprint density at radius 3 is 2.32 bits per heavy atom. The molecule has 0 fully saturated rings. The van der Waals surface area contributed by atoms with Crippen LogP contribution in [0, 0.1) is 0 Å². The predicted octanol–water partition coefficient (Wildman–Crippen LogP) is -0.574. The molecule has 2 aromatic rings. The van der Waals surface area contributed by atoms with Crippen LogP contribution in [0.5, 0.6) is 0 Å². The molecule has 0 spiro atoms. The maximum Gasteiger partial charge on any atom is 0.280 e. The van der Waals surface area contributed by atoms with Gasteiger partial charge in [0.05, 0.1) is 34.3 Å². The molecule has 0 radical (unpaired) electrons. The first-order valence-corrected chi connectivity index (χ1v) is 10.2. The summed E-state index contributed by atoms with van der Waals surface area (Å²) in [5.74, 6) is -2.57. The van der Waals surface area contributed by atoms with E-state index in [1.54, 1.807) is 0 Å². The van der Waals surface area contributed by atoms with Crippen molar-refractivity contribution in [3.8, 4) is 0 Å². The zero-order valence-corrected chi connectivity index (χ0v) is 16.6. The molecule has 0 bridgehead atoms. The number of aliphatic carboxylic acids is 1. The largest absolute Gasteiger partial charge is 0.744 e. The third-order valence-electron chi connectivity index (χ3n) is 3.77. The van der Waals surface area contributed by atoms with Gasteiger partial charge in [0.15, 0.2) is 6.04 Å². The standard InChI is InChI=1S/C16H12N4O9S2/c21-15-13(18-17-9-1-7-12(8-2-9)31(25,26)27)14(16(22)23)19-20(15)10-3-5-11(6-4-10)30-29-28-24/h1-8,13,24H,(H,22,23)(H,25,26,27)/p-3. The molecule has 3 rings (SSSR count). The Bertz CT molecular complexity index is 1150. The lowest BCUT2D eigenvalue weighted by Gasteiger charge is -2.13. The van der Waals surface area contributed by atoms with Gasteiger partial charge in [-0.15, -0.1) is 0 Å². The average molecular weight is 465 g/mol. The first kappa shape index (κ1) is 22.5. The minimum absolute atomic E-state index is 0.0679. The maximum atomic E-state index is 12.6. The molecular weight excluding hydrogens is 456 g/mol. The summed E-state index contributed by atoms with van der Waals surface area (Å²) in [4.78, 5) is 24.0. The number of azo groups is 1. The van der Waals surface area contributed by atoms with E-state index < -0.39 is 38.6 Å². The van der Waals surface area contributed by atoms with Crippen LogP contribution in [-0.4, -0.2) is 36.6 Å². The third-order valence-corrected chi connectivity index (χ3v) is 5.21. The van der Waals surface area contributed by atoms with E-state index in [9.17, 15) is 32.9 Å². The summed E-state index contributed by atoms with van der Waals surface area (Å²) < 4.78 is 37.0. The van der Waals surface area contributed by atoms with Crippen molar-refractivity contribution in [1.82, 2.24) is 0 Å². The molecule has 15 heteroatoms. The van der Waals surface area contributed by atoms with Crippen LogP contribution < -0.4 is 15.4 Å². The highest BCUT2D eigenvalue weighted by molar-refractivity contribution is 7.94. The Kier molecular flexibility index (Phi) is 6.74. The lowest BCUT2D eigenvalue weighted by atomic mass is 10.2. The van der Waals surface area contributed by atoms with Crippen molar-refractivity contribution in [1.29, 1.82) is 0 Å². The number of hydrazone groups is 1. The molecule has 0 saturated carbocycles. The van der Waals surface area contributed by atoms with Crippen LogP contribution in [0.15, 0.2) is 73.7 Å². The first-order chi connectivity index (χ1) is 14.7. The van der Waals surface area contributed by atoms with E-state index in [-0.39, 0.29) is 11.4 Å². The Morgan fingerprint density at radius 2 is 1.77 bits per heavy atom. The van der Waals surface area contributed by atoms with E-state index in [1.165, 1.54) is 24.3 Å². The lowest BCUT2D eigenvalue weighted by Crippen LogP contribution is -2.39. The van der Waals surface area contributed by atoms with E-state index in [2.05, 4.69) is 24.7 Å². The van der Waals surface area contributed by atoms with Gasteiger partial charge >= 0.3 is 0 Å². The molecule has 1 heterocycles. The molecule has 1 aliphatic rings. The van der Waals surface area contributed by atoms with Gasteiger partial charge in [-0.3, -0.25) is 9.83 Å². The predicted molar refractivity (Wildman–Crippen MR) is 97.1 cm³/mol. The number of hydrogen-bond donors (Lipinski definition) is 0. The molecule has 0 saturated heterocycles. The normalized spacial score (nSPS) is 16.7. The van der Waals surface area contributed by atoms with Crippen molar-refractivity contribution >= 4 is 51.1 Å². The van der Waals surface area contributed by atoms with Gasteiger partial charge in [-0.2, -0.15) is 24.7 Å². The molecule has 1 amide bonds. The zero-order chi connectivity index (χ0) is 22.6. The summed E-state index contributed by atoms with van der Waals surface area (Å²) in [7, 11) is -4.65. The van der Waals surface area contributed by atoms with E-state index in [0.717, 1.165) is 29.3 Å². The van der Waals surface area contributed by atoms with Crippen LogP contribution in [0.2, 0.25) is 0 Å². The number of hydrogen-bond acceptors (Lipinski definition) is 13. The average Bonchev–Trinajstić information content (AvgIpc) is 3.07. The fourth-order valence-electron chi connectivity index (χ4n) is 2.39. The summed E-state index contributed by atoms with van der Waals surface area (Å²) >= 11 is 0.618. The smallest absolute Gasteiger partial charge is 0.280 e. The number of amides is 1. The second-order valence-electron chi connectivity index (χ2n) is 5.70. The van der Waals surface area contributed by atoms with Crippen LogP contribution in [-0.2, 0) is 29.1 Å². The second-order valence-corrected chi connectivity index (χ2v) is 7.86. The molecular formula is C16H9N4O9S2-3. The number of carboxylic acids is 1. The van der Waals surface area contributed by atoms with Crippen molar-refractivity contribution in [3.63, 3.8) is 0 Å². The summed E-state index contributed by atoms with van der Waals surface area (Å²) in [5, 5.41) is 36.4. The summed E-state index contributed by atoms with van der Waals surface area (Å²) in [6.07, 6.45) is 0. The molecule has 162 valence electrons. The fourth-order valence-corrected chi connectivity index (χ4v) is 3.21. The van der Waals surface area contributed by atoms with Crippen LogP contribution in [0.4, 0.5) is 11.4 Å². The van der Waals surface area contributed by atoms with E-state index in [1.807, 2.05) is 0 Å². The van der Waals surface area contributed by atoms with Gasteiger partial charge in [-0.25, -0.2) is 8.42 Å². The number of benzene rings is 2. The van der Waals surface area contributed by atoms with Crippen molar-refractivity contribution in [2.45, 2.75) is 15.8 Å². The number of carbonyl (C=O) groups is 2. The van der Waals surface area contributed by atoms with Gasteiger partial charge in [0, 0.05) is 4.90 Å². The molecule has 1 aliphatic heterocycles. The van der Waals surface area contributed by atoms with Crippen molar-refractivity contribution < 1.29 is 42.3 Å². The SMILES string of the molecule is O=C([O-])C1=NN(c2ccc(SOO[O-])cc2)C(=O)C1N=Nc1ccc(S(=O)(=O)[O-])cc1. The van der Waals surface area contributed by atoms with Crippen molar-refractivity contribution in [2.75, 3.05) is 5.01 Å².